The molecule has 70 heavy (non-hydrogen) atoms. The number of hydrogen-bond donors (Lipinski definition) is 0. The monoisotopic (exact) mass is 967 g/mol. The maximum absolute atomic E-state index is 12.8. The van der Waals surface area contributed by atoms with Gasteiger partial charge in [-0.1, -0.05) is 231 Å². The Kier molecular flexibility index (Phi) is 53.5. The van der Waals surface area contributed by atoms with E-state index in [-0.39, 0.29) is 37.5 Å². The molecule has 0 aromatic carbocycles. The third kappa shape index (κ3) is 54.5. The third-order valence-electron chi connectivity index (χ3n) is 11.4. The van der Waals surface area contributed by atoms with Gasteiger partial charge in [-0.25, -0.2) is 0 Å². The lowest BCUT2D eigenvalue weighted by Gasteiger charge is -2.18. The molecule has 1 unspecified atom stereocenters. The van der Waals surface area contributed by atoms with Gasteiger partial charge in [-0.15, -0.1) is 0 Å². The summed E-state index contributed by atoms with van der Waals surface area (Å²) in [5.41, 5.74) is 0. The number of unbranched alkanes of at least 4 members (excludes halogenated alkanes) is 16. The number of carbonyl (C=O) groups excluding carboxylic acids is 3. The van der Waals surface area contributed by atoms with Crippen LogP contribution in [0.25, 0.3) is 0 Å². The molecule has 0 bridgehead atoms. The van der Waals surface area contributed by atoms with E-state index in [1.54, 1.807) is 0 Å². The average Bonchev–Trinajstić information content (AvgIpc) is 3.36. The molecule has 1 atom stereocenters. The zero-order valence-corrected chi connectivity index (χ0v) is 45.0. The fourth-order valence-electron chi connectivity index (χ4n) is 7.24. The molecule has 0 aliphatic rings. The lowest BCUT2D eigenvalue weighted by atomic mass is 10.0. The van der Waals surface area contributed by atoms with Crippen molar-refractivity contribution in [2.24, 2.45) is 0 Å². The number of allylic oxidation sites excluding steroid dienone is 22. The van der Waals surface area contributed by atoms with Crippen LogP contribution >= 0.6 is 0 Å². The molecule has 0 aromatic rings. The van der Waals surface area contributed by atoms with E-state index in [0.717, 1.165) is 128 Å². The lowest BCUT2D eigenvalue weighted by molar-refractivity contribution is -0.167. The van der Waals surface area contributed by atoms with Crippen molar-refractivity contribution in [2.75, 3.05) is 13.2 Å². The first-order valence-corrected chi connectivity index (χ1v) is 28.2. The molecule has 0 rings (SSSR count). The first-order valence-electron chi connectivity index (χ1n) is 28.2. The second-order valence-electron chi connectivity index (χ2n) is 18.1. The predicted molar refractivity (Wildman–Crippen MR) is 302 cm³/mol. The minimum Gasteiger partial charge on any atom is -0.462 e. The fourth-order valence-corrected chi connectivity index (χ4v) is 7.24. The van der Waals surface area contributed by atoms with E-state index in [4.69, 9.17) is 14.2 Å². The van der Waals surface area contributed by atoms with E-state index in [0.29, 0.717) is 19.3 Å². The van der Waals surface area contributed by atoms with Gasteiger partial charge >= 0.3 is 17.9 Å². The molecule has 6 nitrogen and oxygen atoms in total. The van der Waals surface area contributed by atoms with E-state index < -0.39 is 6.10 Å². The van der Waals surface area contributed by atoms with Gasteiger partial charge in [-0.3, -0.25) is 14.4 Å². The Morgan fingerprint density at radius 1 is 0.300 bits per heavy atom. The molecule has 0 spiro atoms. The van der Waals surface area contributed by atoms with Crippen LogP contribution in [0.3, 0.4) is 0 Å². The second-order valence-corrected chi connectivity index (χ2v) is 18.1. The zero-order chi connectivity index (χ0) is 50.7. The number of rotatable bonds is 49. The predicted octanol–water partition coefficient (Wildman–Crippen LogP) is 19.0. The normalized spacial score (nSPS) is 13.1. The Hall–Kier alpha value is -4.45. The van der Waals surface area contributed by atoms with Crippen LogP contribution in [0.1, 0.15) is 233 Å². The summed E-state index contributed by atoms with van der Waals surface area (Å²) in [7, 11) is 0. The number of hydrogen-bond acceptors (Lipinski definition) is 6. The minimum atomic E-state index is -0.814. The average molecular weight is 968 g/mol. The third-order valence-corrected chi connectivity index (χ3v) is 11.4. The van der Waals surface area contributed by atoms with Crippen LogP contribution in [0.15, 0.2) is 134 Å². The maximum atomic E-state index is 12.8. The highest BCUT2D eigenvalue weighted by atomic mass is 16.6. The topological polar surface area (TPSA) is 78.9 Å². The molecule has 0 aliphatic heterocycles. The number of ether oxygens (including phenoxy) is 3. The Morgan fingerprint density at radius 2 is 0.557 bits per heavy atom. The van der Waals surface area contributed by atoms with Crippen molar-refractivity contribution in [1.29, 1.82) is 0 Å². The van der Waals surface area contributed by atoms with Gasteiger partial charge in [-0.05, 0) is 116 Å². The van der Waals surface area contributed by atoms with Gasteiger partial charge in [0.1, 0.15) is 13.2 Å². The van der Waals surface area contributed by atoms with Crippen LogP contribution in [-0.2, 0) is 28.6 Å². The summed E-state index contributed by atoms with van der Waals surface area (Å²) in [5.74, 6) is -0.988. The van der Waals surface area contributed by atoms with Crippen molar-refractivity contribution >= 4 is 17.9 Å². The molecule has 394 valence electrons. The molecular formula is C64H102O6. The molecule has 0 fully saturated rings. The van der Waals surface area contributed by atoms with E-state index in [2.05, 4.69) is 154 Å². The van der Waals surface area contributed by atoms with Crippen LogP contribution < -0.4 is 0 Å². The fraction of sp³-hybridized carbons (Fsp3) is 0.609. The van der Waals surface area contributed by atoms with Crippen molar-refractivity contribution in [3.63, 3.8) is 0 Å². The summed E-state index contributed by atoms with van der Waals surface area (Å²) >= 11 is 0. The smallest absolute Gasteiger partial charge is 0.306 e. The lowest BCUT2D eigenvalue weighted by Crippen LogP contribution is -2.30. The summed E-state index contributed by atoms with van der Waals surface area (Å²) in [5, 5.41) is 0. The SMILES string of the molecule is CC/C=C\C/C=C\C/C=C\C/C=C\C/C=C\C/C=C\C/C=C\C/C=C\CCCCC(=O)OCC(COC(=O)CCCCCCCCCCCCCC)OC(=O)CCCCC/C=C\C/C=C\C/C=C\CC. The van der Waals surface area contributed by atoms with Gasteiger partial charge in [0.05, 0.1) is 0 Å². The Labute approximate surface area is 430 Å². The van der Waals surface area contributed by atoms with Crippen molar-refractivity contribution in [2.45, 2.75) is 239 Å². The molecule has 0 heterocycles. The molecule has 0 saturated carbocycles. The molecule has 0 aliphatic carbocycles. The molecule has 6 heteroatoms. The van der Waals surface area contributed by atoms with Crippen LogP contribution in [0.5, 0.6) is 0 Å². The van der Waals surface area contributed by atoms with Gasteiger partial charge in [0, 0.05) is 19.3 Å². The minimum absolute atomic E-state index is 0.106. The van der Waals surface area contributed by atoms with E-state index in [1.165, 1.54) is 57.8 Å². The summed E-state index contributed by atoms with van der Waals surface area (Å²) < 4.78 is 16.8. The van der Waals surface area contributed by atoms with E-state index in [9.17, 15) is 14.4 Å². The Morgan fingerprint density at radius 3 is 0.900 bits per heavy atom. The maximum Gasteiger partial charge on any atom is 0.306 e. The summed E-state index contributed by atoms with van der Waals surface area (Å²) in [4.78, 5) is 38.0. The van der Waals surface area contributed by atoms with Gasteiger partial charge < -0.3 is 14.2 Å². The van der Waals surface area contributed by atoms with Gasteiger partial charge in [0.15, 0.2) is 6.10 Å². The van der Waals surface area contributed by atoms with Gasteiger partial charge in [-0.2, -0.15) is 0 Å². The molecule has 0 N–H and O–H groups in total. The number of esters is 3. The van der Waals surface area contributed by atoms with Crippen LogP contribution in [0, 0.1) is 0 Å². The highest BCUT2D eigenvalue weighted by molar-refractivity contribution is 5.71. The highest BCUT2D eigenvalue weighted by Gasteiger charge is 2.19. The van der Waals surface area contributed by atoms with E-state index in [1.807, 2.05) is 0 Å². The van der Waals surface area contributed by atoms with E-state index >= 15 is 0 Å². The van der Waals surface area contributed by atoms with Crippen molar-refractivity contribution in [1.82, 2.24) is 0 Å². The molecule has 0 aromatic heterocycles. The molecule has 0 saturated heterocycles. The second kappa shape index (κ2) is 57.1. The summed E-state index contributed by atoms with van der Waals surface area (Å²) in [6, 6.07) is 0. The standard InChI is InChI=1S/C64H102O6/c1-4-7-10-13-16-19-22-25-26-27-28-29-30-31-32-33-34-35-36-37-38-40-42-45-48-51-54-57-63(66)69-60-61(59-68-62(65)56-53-50-47-44-41-24-21-18-15-12-9-6-3)70-64(67)58-55-52-49-46-43-39-23-20-17-14-11-8-5-2/h7-8,10-11,16-17,19-20,25-26,28-29,31-32,34-35,37-39,42-43,45,61H,4-6,9,12-15,18,21-24,27,30,33,36,40-41,44,46-60H2,1-3H3/b10-7-,11-8-,19-16-,20-17-,26-25-,29-28-,32-31-,35-34-,38-37-,43-39-,45-42-. The molecule has 0 amide bonds. The summed E-state index contributed by atoms with van der Waals surface area (Å²) in [6.07, 6.45) is 80.2. The highest BCUT2D eigenvalue weighted by Crippen LogP contribution is 2.14. The number of carbonyl (C=O) groups is 3. The van der Waals surface area contributed by atoms with Crippen LogP contribution in [-0.4, -0.2) is 37.2 Å². The zero-order valence-electron chi connectivity index (χ0n) is 45.0. The largest absolute Gasteiger partial charge is 0.462 e. The first kappa shape index (κ1) is 65.5. The summed E-state index contributed by atoms with van der Waals surface area (Å²) in [6.45, 7) is 6.33. The van der Waals surface area contributed by atoms with Gasteiger partial charge in [0.25, 0.3) is 0 Å². The van der Waals surface area contributed by atoms with Crippen LogP contribution in [0.2, 0.25) is 0 Å². The van der Waals surface area contributed by atoms with Crippen LogP contribution in [0.4, 0.5) is 0 Å². The quantitative estimate of drug-likeness (QED) is 0.0262. The molecular weight excluding hydrogens is 865 g/mol. The van der Waals surface area contributed by atoms with Crippen molar-refractivity contribution < 1.29 is 28.6 Å². The Bertz CT molecular complexity index is 1530. The van der Waals surface area contributed by atoms with Gasteiger partial charge in [0.2, 0.25) is 0 Å². The first-order chi connectivity index (χ1) is 34.5. The van der Waals surface area contributed by atoms with Crippen molar-refractivity contribution in [3.8, 4) is 0 Å². The molecule has 0 radical (unpaired) electrons. The Balaban J connectivity index is 4.43. The van der Waals surface area contributed by atoms with Crippen molar-refractivity contribution in [3.05, 3.63) is 134 Å².